The summed E-state index contributed by atoms with van der Waals surface area (Å²) < 4.78 is 63.1. The van der Waals surface area contributed by atoms with E-state index in [1.165, 1.54) is 24.7 Å². The zero-order valence-corrected chi connectivity index (χ0v) is 49.2. The fourth-order valence-corrected chi connectivity index (χ4v) is 12.8. The standard InChI is InChI=1S/C49H60N11O19P3S/c1-21-23(3)29-14-31-25(5)37(47(65)66)33(58-31)16-34-38(26(6)32(59-34)15-30-24(4)22(2)28(57-30)13-27(21)56-29)48(67)83-12-11-51-36(61)9-10-52-45(64)42(63)49(7,8)18-76-82(73,74)79-81(71,72)75-17-35-41(78-80(68,69)70)40(62)46(77-35)60-20-55-39-43(50)53-19-54-44(39)60/h13-16,19-20,35,40-42,46,62-63H,9-12,17-18H2,1-8H3,(H11,50,51,52,53,54,56,57,58,59,61,64,65,66,67,68,69,70,71,72,73,74)/p+1. The number of aromatic carboxylic acids is 1. The molecule has 0 saturated carbocycles. The third-order valence-electron chi connectivity index (χ3n) is 14.1. The van der Waals surface area contributed by atoms with E-state index in [-0.39, 0.29) is 64.0 Å². The number of aliphatic hydroxyl groups is 2. The predicted molar refractivity (Wildman–Crippen MR) is 299 cm³/mol. The minimum Gasteiger partial charge on any atom is -0.478 e. The fourth-order valence-electron chi connectivity index (χ4n) is 9.20. The summed E-state index contributed by atoms with van der Waals surface area (Å²) in [5.74, 6) is -2.65. The van der Waals surface area contributed by atoms with E-state index in [4.69, 9.17) is 34.0 Å². The maximum atomic E-state index is 14.1. The Balaban J connectivity index is 0.840. The highest BCUT2D eigenvalue weighted by molar-refractivity contribution is 8.14. The molecule has 2 amide bonds. The number of allylic oxidation sites excluding steroid dienone is 4. The number of nitrogen functional groups attached to an aromatic ring is 1. The smallest absolute Gasteiger partial charge is 0.478 e. The molecule has 3 aliphatic rings. The lowest BCUT2D eigenvalue weighted by Crippen LogP contribution is -2.46. The van der Waals surface area contributed by atoms with Gasteiger partial charge in [0.25, 0.3) is 0 Å². The molecular weight excluding hydrogens is 1170 g/mol. The summed E-state index contributed by atoms with van der Waals surface area (Å²) in [6.07, 6.45) is -7.03. The van der Waals surface area contributed by atoms with Crippen LogP contribution in [0.3, 0.4) is 0 Å². The number of amides is 2. The number of carbonyl (C=O) groups is 4. The third kappa shape index (κ3) is 13.9. The van der Waals surface area contributed by atoms with Crippen molar-refractivity contribution >= 4 is 119 Å². The van der Waals surface area contributed by atoms with E-state index in [9.17, 15) is 67.8 Å². The number of aliphatic hydroxyl groups excluding tert-OH is 2. The van der Waals surface area contributed by atoms with Crippen molar-refractivity contribution in [2.24, 2.45) is 5.41 Å². The molecule has 30 nitrogen and oxygen atoms in total. The van der Waals surface area contributed by atoms with Crippen molar-refractivity contribution < 1.29 is 95.0 Å². The summed E-state index contributed by atoms with van der Waals surface area (Å²) in [6, 6.07) is 7.13. The Morgan fingerprint density at radius 2 is 1.37 bits per heavy atom. The van der Waals surface area contributed by atoms with Crippen molar-refractivity contribution in [1.82, 2.24) is 45.5 Å². The van der Waals surface area contributed by atoms with Crippen molar-refractivity contribution in [3.05, 3.63) is 81.9 Å². The number of phosphoric acid groups is 3. The zero-order chi connectivity index (χ0) is 60.8. The number of ether oxygens (including phenoxy) is 1. The van der Waals surface area contributed by atoms with Gasteiger partial charge in [0.1, 0.15) is 24.4 Å². The number of aromatic amines is 3. The van der Waals surface area contributed by atoms with Crippen molar-refractivity contribution in [2.75, 3.05) is 37.8 Å². The van der Waals surface area contributed by atoms with Gasteiger partial charge in [-0.05, 0) is 99.2 Å². The quantitative estimate of drug-likeness (QED) is 0.0277. The van der Waals surface area contributed by atoms with Crippen LogP contribution in [-0.2, 0) is 45.9 Å². The number of phosphoric ester groups is 3. The Morgan fingerprint density at radius 3 is 1.96 bits per heavy atom. The number of carboxylic acid groups (broad SMARTS) is 1. The van der Waals surface area contributed by atoms with Gasteiger partial charge in [0, 0.05) is 41.7 Å². The number of fused-ring (bicyclic) bond motifs is 9. The number of thioether (sulfide) groups is 1. The highest BCUT2D eigenvalue weighted by Gasteiger charge is 2.52. The van der Waals surface area contributed by atoms with E-state index in [2.05, 4.69) is 39.9 Å². The van der Waals surface area contributed by atoms with Gasteiger partial charge in [-0.25, -0.2) is 33.0 Å². The number of aromatic nitrogens is 8. The van der Waals surface area contributed by atoms with Crippen LogP contribution >= 0.6 is 35.2 Å². The monoisotopic (exact) mass is 1230 g/mol. The number of rotatable bonds is 21. The Hall–Kier alpha value is -6.37. The SMILES string of the molecule is CC1=C(C)c2cc3[nH]c(cc4[nH]c(cc5nc(cc1n2)C(C)=C5C)c(C)c4C(=O)SCCNC(=O)CCNC(=O)C(O)C(C)(C)COP(=O)(O)OP(=O)(O)OCC1OC([n+]2c[nH]c4c(N)ncnc42)C(O)C1OP(=O)(O)O)c(C(=O)O)c3C. The fraction of sp³-hybridized carbons (Fsp3) is 0.408. The van der Waals surface area contributed by atoms with E-state index in [0.717, 1.165) is 51.8 Å². The molecule has 0 aliphatic carbocycles. The number of nitrogens with zero attached hydrogens (tertiary/aromatic N) is 5. The first-order chi connectivity index (χ1) is 38.8. The van der Waals surface area contributed by atoms with Crippen LogP contribution in [0.2, 0.25) is 0 Å². The van der Waals surface area contributed by atoms with Crippen LogP contribution in [0.1, 0.15) is 109 Å². The number of carbonyl (C=O) groups excluding carboxylic acids is 3. The number of nitrogens with two attached hydrogens (primary N) is 1. The second-order valence-corrected chi connectivity index (χ2v) is 25.6. The van der Waals surface area contributed by atoms with Crippen LogP contribution < -0.4 is 20.9 Å². The number of hydrogen-bond donors (Lipinski definition) is 13. The highest BCUT2D eigenvalue weighted by atomic mass is 32.2. The van der Waals surface area contributed by atoms with E-state index in [0.29, 0.717) is 39.1 Å². The van der Waals surface area contributed by atoms with E-state index in [1.54, 1.807) is 26.0 Å². The molecule has 14 N–H and O–H groups in total. The van der Waals surface area contributed by atoms with Gasteiger partial charge in [-0.1, -0.05) is 30.6 Å². The second-order valence-electron chi connectivity index (χ2n) is 20.3. The van der Waals surface area contributed by atoms with Crippen LogP contribution in [0.25, 0.3) is 55.5 Å². The average molecular weight is 1230 g/mol. The van der Waals surface area contributed by atoms with Crippen molar-refractivity contribution in [1.29, 1.82) is 0 Å². The number of nitrogens with one attached hydrogen (secondary N) is 5. The molecule has 0 radical (unpaired) electrons. The van der Waals surface area contributed by atoms with Gasteiger partial charge in [0.2, 0.25) is 28.7 Å². The van der Waals surface area contributed by atoms with Gasteiger partial charge in [-0.3, -0.25) is 32.9 Å². The highest BCUT2D eigenvalue weighted by Crippen LogP contribution is 2.61. The summed E-state index contributed by atoms with van der Waals surface area (Å²) in [5, 5.41) is 36.9. The molecule has 0 aromatic carbocycles. The van der Waals surface area contributed by atoms with Gasteiger partial charge in [0.05, 0.1) is 58.1 Å². The molecule has 1 saturated heterocycles. The summed E-state index contributed by atoms with van der Waals surface area (Å²) in [4.78, 5) is 119. The lowest BCUT2D eigenvalue weighted by molar-refractivity contribution is -0.745. The minimum atomic E-state index is -5.63. The number of hydrogen-bond acceptors (Lipinski definition) is 20. The van der Waals surface area contributed by atoms with Gasteiger partial charge < -0.3 is 66.0 Å². The van der Waals surface area contributed by atoms with Gasteiger partial charge in [-0.2, -0.15) is 9.29 Å². The molecule has 3 aliphatic heterocycles. The van der Waals surface area contributed by atoms with Crippen LogP contribution in [0.15, 0.2) is 36.9 Å². The predicted octanol–water partition coefficient (Wildman–Crippen LogP) is 4.24. The summed E-state index contributed by atoms with van der Waals surface area (Å²) in [6.45, 7) is 11.4. The molecule has 1 fully saturated rings. The molecule has 446 valence electrons. The molecule has 83 heavy (non-hydrogen) atoms. The molecule has 8 rings (SSSR count). The van der Waals surface area contributed by atoms with Crippen molar-refractivity contribution in [3.8, 4) is 0 Å². The second kappa shape index (κ2) is 24.3. The number of H-pyrrole nitrogens is 3. The Labute approximate surface area is 475 Å². The molecule has 34 heteroatoms. The first-order valence-electron chi connectivity index (χ1n) is 25.2. The van der Waals surface area contributed by atoms with Crippen molar-refractivity contribution in [2.45, 2.75) is 92.5 Å². The topological polar surface area (TPSA) is 460 Å². The molecule has 8 heterocycles. The molecule has 7 atom stereocenters. The molecule has 8 bridgehead atoms. The molecule has 5 aromatic heterocycles. The Kier molecular flexibility index (Phi) is 18.4. The Morgan fingerprint density at radius 1 is 0.807 bits per heavy atom. The first kappa shape index (κ1) is 62.7. The summed E-state index contributed by atoms with van der Waals surface area (Å²) in [5.41, 5.74) is 13.9. The molecule has 0 spiro atoms. The lowest BCUT2D eigenvalue weighted by atomic mass is 9.87. The maximum absolute atomic E-state index is 14.1. The first-order valence-corrected chi connectivity index (χ1v) is 30.7. The number of aryl methyl sites for hydroxylation is 2. The molecule has 5 aromatic rings. The Bertz CT molecular complexity index is 3860. The molecular formula is C49H61N11O19P3S+. The minimum absolute atomic E-state index is 0.00209. The normalized spacial score (nSPS) is 19.4. The zero-order valence-electron chi connectivity index (χ0n) is 45.7. The van der Waals surface area contributed by atoms with Crippen LogP contribution in [0.5, 0.6) is 0 Å². The van der Waals surface area contributed by atoms with Crippen LogP contribution in [0.4, 0.5) is 5.82 Å². The van der Waals surface area contributed by atoms with E-state index >= 15 is 0 Å². The summed E-state index contributed by atoms with van der Waals surface area (Å²) >= 11 is 0.909. The maximum Gasteiger partial charge on any atom is 0.481 e. The van der Waals surface area contributed by atoms with E-state index in [1.807, 2.05) is 39.8 Å². The van der Waals surface area contributed by atoms with Gasteiger partial charge >= 0.3 is 35.1 Å². The van der Waals surface area contributed by atoms with Gasteiger partial charge in [-0.15, -0.1) is 0 Å². The number of carboxylic acids is 1. The van der Waals surface area contributed by atoms with E-state index < -0.39 is 90.5 Å². The lowest BCUT2D eigenvalue weighted by Gasteiger charge is -2.30. The number of anilines is 1. The average Bonchev–Trinajstić information content (AvgIpc) is 3.06. The number of imidazole rings is 1. The largest absolute Gasteiger partial charge is 0.481 e. The van der Waals surface area contributed by atoms with Gasteiger partial charge in [0.15, 0.2) is 18.5 Å². The van der Waals surface area contributed by atoms with Crippen molar-refractivity contribution in [3.63, 3.8) is 0 Å². The molecule has 7 unspecified atom stereocenters. The van der Waals surface area contributed by atoms with Crippen LogP contribution in [-0.4, -0.2) is 149 Å². The third-order valence-corrected chi connectivity index (χ3v) is 18.1. The summed E-state index contributed by atoms with van der Waals surface area (Å²) in [7, 11) is -16.6. The van der Waals surface area contributed by atoms with Crippen LogP contribution in [0, 0.1) is 19.3 Å².